The van der Waals surface area contributed by atoms with Gasteiger partial charge in [-0.2, -0.15) is 0 Å². The number of aromatic hydroxyl groups is 1. The number of non-ortho nitro benzene ring substituents is 1. The number of ether oxygens (including phenoxy) is 1. The highest BCUT2D eigenvalue weighted by atomic mass is 19.1. The summed E-state index contributed by atoms with van der Waals surface area (Å²) >= 11 is 0. The molecule has 0 saturated heterocycles. The molecule has 1 N–H and O–H groups in total. The minimum atomic E-state index is -0.835. The average molecular weight is 300 g/mol. The van der Waals surface area contributed by atoms with Crippen LogP contribution in [0, 0.1) is 15.9 Å². The summed E-state index contributed by atoms with van der Waals surface area (Å²) in [7, 11) is 0. The summed E-state index contributed by atoms with van der Waals surface area (Å²) in [6, 6.07) is 9.20. The summed E-state index contributed by atoms with van der Waals surface area (Å²) in [5.74, 6) is -0.583. The van der Waals surface area contributed by atoms with E-state index in [1.54, 1.807) is 12.1 Å². The van der Waals surface area contributed by atoms with Gasteiger partial charge in [0.1, 0.15) is 11.5 Å². The zero-order valence-electron chi connectivity index (χ0n) is 11.1. The molecule has 110 valence electrons. The lowest BCUT2D eigenvalue weighted by atomic mass is 10.2. The van der Waals surface area contributed by atoms with E-state index in [4.69, 9.17) is 4.74 Å². The maximum atomic E-state index is 13.9. The Morgan fingerprint density at radius 3 is 2.68 bits per heavy atom. The molecule has 0 spiro atoms. The number of pyridine rings is 1. The third-order valence-corrected chi connectivity index (χ3v) is 3.03. The summed E-state index contributed by atoms with van der Waals surface area (Å²) < 4.78 is 19.4. The topological polar surface area (TPSA) is 85.5 Å². The van der Waals surface area contributed by atoms with Crippen molar-refractivity contribution in [3.63, 3.8) is 0 Å². The predicted octanol–water partition coefficient (Wildman–Crippen LogP) is 3.78. The normalized spacial score (nSPS) is 10.6. The van der Waals surface area contributed by atoms with Gasteiger partial charge in [-0.15, -0.1) is 0 Å². The number of phenolic OH excluding ortho intramolecular Hbond substituents is 1. The smallest absolute Gasteiger partial charge is 0.272 e. The van der Waals surface area contributed by atoms with Gasteiger partial charge in [-0.1, -0.05) is 0 Å². The maximum absolute atomic E-state index is 13.9. The van der Waals surface area contributed by atoms with Crippen molar-refractivity contribution < 1.29 is 19.2 Å². The molecular formula is C15H9FN2O4. The van der Waals surface area contributed by atoms with E-state index in [0.29, 0.717) is 16.7 Å². The van der Waals surface area contributed by atoms with Gasteiger partial charge in [0.15, 0.2) is 11.6 Å². The van der Waals surface area contributed by atoms with Gasteiger partial charge in [0.05, 0.1) is 16.5 Å². The predicted molar refractivity (Wildman–Crippen MR) is 76.5 cm³/mol. The molecule has 0 radical (unpaired) electrons. The molecule has 22 heavy (non-hydrogen) atoms. The average Bonchev–Trinajstić information content (AvgIpc) is 2.49. The Kier molecular flexibility index (Phi) is 3.30. The molecule has 3 aromatic rings. The van der Waals surface area contributed by atoms with Crippen molar-refractivity contribution in [1.29, 1.82) is 0 Å². The van der Waals surface area contributed by atoms with Crippen molar-refractivity contribution in [2.24, 2.45) is 0 Å². The molecule has 0 aliphatic heterocycles. The second-order valence-corrected chi connectivity index (χ2v) is 4.48. The third kappa shape index (κ3) is 2.51. The lowest BCUT2D eigenvalue weighted by molar-refractivity contribution is -0.385. The van der Waals surface area contributed by atoms with Gasteiger partial charge in [0.25, 0.3) is 5.69 Å². The highest BCUT2D eigenvalue weighted by molar-refractivity contribution is 5.86. The lowest BCUT2D eigenvalue weighted by Crippen LogP contribution is -1.93. The number of nitro benzene ring substituents is 1. The van der Waals surface area contributed by atoms with Crippen LogP contribution in [0.4, 0.5) is 10.1 Å². The molecule has 1 aromatic heterocycles. The molecule has 0 aliphatic carbocycles. The highest BCUT2D eigenvalue weighted by Crippen LogP contribution is 2.32. The number of hydrogen-bond donors (Lipinski definition) is 1. The van der Waals surface area contributed by atoms with Crippen molar-refractivity contribution in [2.75, 3.05) is 0 Å². The van der Waals surface area contributed by atoms with Crippen LogP contribution in [0.15, 0.2) is 48.7 Å². The van der Waals surface area contributed by atoms with Crippen LogP contribution in [0.3, 0.4) is 0 Å². The van der Waals surface area contributed by atoms with Gasteiger partial charge in [-0.05, 0) is 24.3 Å². The summed E-state index contributed by atoms with van der Waals surface area (Å²) in [5.41, 5.74) is 0.133. The summed E-state index contributed by atoms with van der Waals surface area (Å²) in [5, 5.41) is 20.6. The summed E-state index contributed by atoms with van der Waals surface area (Å²) in [6.07, 6.45) is 1.46. The lowest BCUT2D eigenvalue weighted by Gasteiger charge is -2.09. The van der Waals surface area contributed by atoms with E-state index in [1.165, 1.54) is 24.4 Å². The first-order valence-electron chi connectivity index (χ1n) is 6.24. The molecule has 0 unspecified atom stereocenters. The van der Waals surface area contributed by atoms with Crippen LogP contribution in [-0.2, 0) is 0 Å². The largest absolute Gasteiger partial charge is 0.508 e. The minimum absolute atomic E-state index is 0.0543. The van der Waals surface area contributed by atoms with E-state index in [-0.39, 0.29) is 17.2 Å². The Balaban J connectivity index is 2.02. The Bertz CT molecular complexity index is 883. The first-order valence-corrected chi connectivity index (χ1v) is 6.24. The van der Waals surface area contributed by atoms with Gasteiger partial charge in [0, 0.05) is 23.7 Å². The van der Waals surface area contributed by atoms with Crippen LogP contribution in [0.5, 0.6) is 17.2 Å². The maximum Gasteiger partial charge on any atom is 0.272 e. The van der Waals surface area contributed by atoms with Crippen molar-refractivity contribution in [3.8, 4) is 17.2 Å². The van der Waals surface area contributed by atoms with Crippen LogP contribution in [0.2, 0.25) is 0 Å². The van der Waals surface area contributed by atoms with Crippen LogP contribution in [-0.4, -0.2) is 15.0 Å². The Morgan fingerprint density at radius 2 is 1.95 bits per heavy atom. The van der Waals surface area contributed by atoms with Crippen LogP contribution in [0.25, 0.3) is 10.9 Å². The monoisotopic (exact) mass is 300 g/mol. The fourth-order valence-electron chi connectivity index (χ4n) is 2.00. The zero-order chi connectivity index (χ0) is 15.7. The SMILES string of the molecule is O=[N+]([O-])c1ccc(Oc2ccnc3cc(O)ccc23)c(F)c1. The second-order valence-electron chi connectivity index (χ2n) is 4.48. The Labute approximate surface area is 123 Å². The number of phenols is 1. The van der Waals surface area contributed by atoms with E-state index in [0.717, 1.165) is 12.1 Å². The third-order valence-electron chi connectivity index (χ3n) is 3.03. The van der Waals surface area contributed by atoms with E-state index in [2.05, 4.69) is 4.98 Å². The number of nitro groups is 1. The summed E-state index contributed by atoms with van der Waals surface area (Å²) in [4.78, 5) is 14.0. The minimum Gasteiger partial charge on any atom is -0.508 e. The molecule has 0 bridgehead atoms. The molecule has 0 amide bonds. The first kappa shape index (κ1) is 13.7. The second kappa shape index (κ2) is 5.28. The molecule has 7 heteroatoms. The molecular weight excluding hydrogens is 291 g/mol. The van der Waals surface area contributed by atoms with Crippen LogP contribution < -0.4 is 4.74 Å². The van der Waals surface area contributed by atoms with Crippen molar-refractivity contribution in [1.82, 2.24) is 4.98 Å². The van der Waals surface area contributed by atoms with Crippen molar-refractivity contribution in [2.45, 2.75) is 0 Å². The fourth-order valence-corrected chi connectivity index (χ4v) is 2.00. The quantitative estimate of drug-likeness (QED) is 0.587. The molecule has 0 fully saturated rings. The van der Waals surface area contributed by atoms with Crippen molar-refractivity contribution in [3.05, 3.63) is 64.6 Å². The Hall–Kier alpha value is -3.22. The number of rotatable bonds is 3. The van der Waals surface area contributed by atoms with Gasteiger partial charge in [-0.3, -0.25) is 15.1 Å². The van der Waals surface area contributed by atoms with Crippen LogP contribution in [0.1, 0.15) is 0 Å². The fraction of sp³-hybridized carbons (Fsp3) is 0. The van der Waals surface area contributed by atoms with Crippen molar-refractivity contribution >= 4 is 16.6 Å². The van der Waals surface area contributed by atoms with E-state index in [9.17, 15) is 19.6 Å². The molecule has 6 nitrogen and oxygen atoms in total. The number of halogens is 1. The van der Waals surface area contributed by atoms with Crippen LogP contribution >= 0.6 is 0 Å². The molecule has 0 saturated carbocycles. The summed E-state index contributed by atoms with van der Waals surface area (Å²) in [6.45, 7) is 0. The van der Waals surface area contributed by atoms with E-state index in [1.807, 2.05) is 0 Å². The van der Waals surface area contributed by atoms with E-state index >= 15 is 0 Å². The van der Waals surface area contributed by atoms with Gasteiger partial charge >= 0.3 is 0 Å². The highest BCUT2D eigenvalue weighted by Gasteiger charge is 2.13. The van der Waals surface area contributed by atoms with Gasteiger partial charge < -0.3 is 9.84 Å². The molecule has 0 atom stereocenters. The molecule has 1 heterocycles. The number of fused-ring (bicyclic) bond motifs is 1. The number of aromatic nitrogens is 1. The Morgan fingerprint density at radius 1 is 1.14 bits per heavy atom. The molecule has 2 aromatic carbocycles. The standard InChI is InChI=1S/C15H9FN2O4/c16-12-7-9(18(20)21)1-4-15(12)22-14-5-6-17-13-8-10(19)2-3-11(13)14/h1-8,19H. The molecule has 0 aliphatic rings. The number of benzene rings is 2. The van der Waals surface area contributed by atoms with E-state index < -0.39 is 10.7 Å². The van der Waals surface area contributed by atoms with Gasteiger partial charge in [0.2, 0.25) is 0 Å². The van der Waals surface area contributed by atoms with Gasteiger partial charge in [-0.25, -0.2) is 4.39 Å². The molecule has 3 rings (SSSR count). The number of nitrogens with zero attached hydrogens (tertiary/aromatic N) is 2. The zero-order valence-corrected chi connectivity index (χ0v) is 11.1. The first-order chi connectivity index (χ1) is 10.5. The number of hydrogen-bond acceptors (Lipinski definition) is 5.